The Hall–Kier alpha value is -1.92. The fourth-order valence-corrected chi connectivity index (χ4v) is 3.27. The van der Waals surface area contributed by atoms with Crippen molar-refractivity contribution in [1.29, 1.82) is 0 Å². The predicted octanol–water partition coefficient (Wildman–Crippen LogP) is 3.15. The van der Waals surface area contributed by atoms with Gasteiger partial charge in [-0.25, -0.2) is 9.98 Å². The highest BCUT2D eigenvalue weighted by Crippen LogP contribution is 2.13. The summed E-state index contributed by atoms with van der Waals surface area (Å²) in [6.45, 7) is 7.17. The van der Waals surface area contributed by atoms with Gasteiger partial charge in [0.1, 0.15) is 0 Å². The molecule has 0 fully saturated rings. The van der Waals surface area contributed by atoms with Crippen molar-refractivity contribution >= 4 is 17.3 Å². The smallest absolute Gasteiger partial charge is 0.191 e. The maximum Gasteiger partial charge on any atom is 0.191 e. The zero-order valence-electron chi connectivity index (χ0n) is 15.3. The Morgan fingerprint density at radius 2 is 2.08 bits per heavy atom. The van der Waals surface area contributed by atoms with E-state index < -0.39 is 0 Å². The number of guanidine groups is 1. The van der Waals surface area contributed by atoms with Crippen LogP contribution in [0.1, 0.15) is 34.9 Å². The Balaban J connectivity index is 1.87. The van der Waals surface area contributed by atoms with E-state index in [1.165, 1.54) is 21.0 Å². The number of hydrogen-bond acceptors (Lipinski definition) is 4. The molecule has 0 radical (unpaired) electrons. The van der Waals surface area contributed by atoms with Crippen LogP contribution in [0.4, 0.5) is 0 Å². The summed E-state index contributed by atoms with van der Waals surface area (Å²) in [5.74, 6) is 0.840. The van der Waals surface area contributed by atoms with Crippen molar-refractivity contribution in [1.82, 2.24) is 15.6 Å². The topological polar surface area (TPSA) is 58.5 Å². The molecule has 0 aliphatic rings. The van der Waals surface area contributed by atoms with E-state index in [9.17, 15) is 0 Å². The summed E-state index contributed by atoms with van der Waals surface area (Å²) in [6.07, 6.45) is 3.95. The molecule has 1 aromatic heterocycles. The molecule has 2 rings (SSSR count). The molecule has 6 heteroatoms. The summed E-state index contributed by atoms with van der Waals surface area (Å²) in [5, 5.41) is 7.85. The van der Waals surface area contributed by atoms with Crippen molar-refractivity contribution < 1.29 is 4.74 Å². The SMILES string of the molecule is CCNC(=NCc1cccc(COC)c1)NCCc1ncc(CC)s1. The molecule has 0 saturated heterocycles. The zero-order valence-corrected chi connectivity index (χ0v) is 16.2. The van der Waals surface area contributed by atoms with Gasteiger partial charge in [0.05, 0.1) is 18.2 Å². The summed E-state index contributed by atoms with van der Waals surface area (Å²) in [5.41, 5.74) is 2.35. The third kappa shape index (κ3) is 6.84. The highest BCUT2D eigenvalue weighted by Gasteiger charge is 2.02. The second-order valence-corrected chi connectivity index (χ2v) is 6.90. The molecule has 0 saturated carbocycles. The molecule has 0 aliphatic heterocycles. The summed E-state index contributed by atoms with van der Waals surface area (Å²) in [7, 11) is 1.71. The minimum atomic E-state index is 0.628. The summed E-state index contributed by atoms with van der Waals surface area (Å²) < 4.78 is 5.19. The first kappa shape index (κ1) is 19.4. The molecule has 1 heterocycles. The average Bonchev–Trinajstić information content (AvgIpc) is 3.08. The molecule has 2 aromatic rings. The maximum absolute atomic E-state index is 5.19. The molecule has 0 aliphatic carbocycles. The summed E-state index contributed by atoms with van der Waals surface area (Å²) in [6, 6.07) is 8.35. The van der Waals surface area contributed by atoms with Crippen molar-refractivity contribution in [2.24, 2.45) is 4.99 Å². The molecule has 0 atom stereocenters. The van der Waals surface area contributed by atoms with E-state index in [1.54, 1.807) is 18.4 Å². The largest absolute Gasteiger partial charge is 0.380 e. The Morgan fingerprint density at radius 3 is 2.80 bits per heavy atom. The standard InChI is InChI=1S/C19H28N4OS/c1-4-17-13-22-18(25-17)9-10-21-19(20-5-2)23-12-15-7-6-8-16(11-15)14-24-3/h6-8,11,13H,4-5,9-10,12,14H2,1-3H3,(H2,20,21,23). The zero-order chi connectivity index (χ0) is 17.9. The van der Waals surface area contributed by atoms with Crippen molar-refractivity contribution in [3.05, 3.63) is 51.5 Å². The third-order valence-electron chi connectivity index (χ3n) is 3.65. The van der Waals surface area contributed by atoms with Gasteiger partial charge >= 0.3 is 0 Å². The summed E-state index contributed by atoms with van der Waals surface area (Å²) >= 11 is 1.79. The van der Waals surface area contributed by atoms with Gasteiger partial charge < -0.3 is 15.4 Å². The van der Waals surface area contributed by atoms with Crippen LogP contribution in [0, 0.1) is 0 Å². The van der Waals surface area contributed by atoms with E-state index in [0.29, 0.717) is 13.2 Å². The lowest BCUT2D eigenvalue weighted by Gasteiger charge is -2.11. The Labute approximate surface area is 154 Å². The van der Waals surface area contributed by atoms with Crippen LogP contribution in [0.3, 0.4) is 0 Å². The van der Waals surface area contributed by atoms with Gasteiger partial charge in [-0.15, -0.1) is 11.3 Å². The molecule has 2 N–H and O–H groups in total. The molecule has 25 heavy (non-hydrogen) atoms. The monoisotopic (exact) mass is 360 g/mol. The molecular weight excluding hydrogens is 332 g/mol. The van der Waals surface area contributed by atoms with Gasteiger partial charge in [-0.05, 0) is 24.5 Å². The first-order valence-corrected chi connectivity index (χ1v) is 9.59. The van der Waals surface area contributed by atoms with Crippen LogP contribution in [0.25, 0.3) is 0 Å². The minimum Gasteiger partial charge on any atom is -0.380 e. The second kappa shape index (κ2) is 10.8. The molecule has 0 unspecified atom stereocenters. The van der Waals surface area contributed by atoms with Gasteiger partial charge in [0.2, 0.25) is 0 Å². The van der Waals surface area contributed by atoms with Crippen molar-refractivity contribution in [3.8, 4) is 0 Å². The van der Waals surface area contributed by atoms with Crippen molar-refractivity contribution in [2.45, 2.75) is 39.8 Å². The highest BCUT2D eigenvalue weighted by molar-refractivity contribution is 7.11. The number of rotatable bonds is 9. The molecule has 0 bridgehead atoms. The Kier molecular flexibility index (Phi) is 8.42. The number of nitrogens with zero attached hydrogens (tertiary/aromatic N) is 2. The normalized spacial score (nSPS) is 11.6. The lowest BCUT2D eigenvalue weighted by atomic mass is 10.1. The predicted molar refractivity (Wildman–Crippen MR) is 105 cm³/mol. The average molecular weight is 361 g/mol. The maximum atomic E-state index is 5.19. The van der Waals surface area contributed by atoms with Crippen LogP contribution in [0.2, 0.25) is 0 Å². The lowest BCUT2D eigenvalue weighted by molar-refractivity contribution is 0.185. The second-order valence-electron chi connectivity index (χ2n) is 5.70. The number of aliphatic imine (C=N–C) groups is 1. The molecule has 5 nitrogen and oxygen atoms in total. The Morgan fingerprint density at radius 1 is 1.24 bits per heavy atom. The third-order valence-corrected chi connectivity index (χ3v) is 4.85. The molecule has 1 aromatic carbocycles. The number of nitrogens with one attached hydrogen (secondary N) is 2. The number of hydrogen-bond donors (Lipinski definition) is 2. The van der Waals surface area contributed by atoms with Crippen LogP contribution in [0.5, 0.6) is 0 Å². The number of benzene rings is 1. The van der Waals surface area contributed by atoms with Gasteiger partial charge in [-0.3, -0.25) is 0 Å². The molecule has 0 amide bonds. The van der Waals surface area contributed by atoms with E-state index in [-0.39, 0.29) is 0 Å². The van der Waals surface area contributed by atoms with Crippen molar-refractivity contribution in [3.63, 3.8) is 0 Å². The van der Waals surface area contributed by atoms with E-state index in [0.717, 1.165) is 31.9 Å². The molecular formula is C19H28N4OS. The minimum absolute atomic E-state index is 0.628. The fourth-order valence-electron chi connectivity index (χ4n) is 2.41. The van der Waals surface area contributed by atoms with Gasteiger partial charge in [-0.1, -0.05) is 31.2 Å². The number of ether oxygens (including phenoxy) is 1. The Bertz CT molecular complexity index is 669. The number of methoxy groups -OCH3 is 1. The summed E-state index contributed by atoms with van der Waals surface area (Å²) in [4.78, 5) is 10.5. The molecule has 0 spiro atoms. The van der Waals surface area contributed by atoms with E-state index in [2.05, 4.69) is 52.7 Å². The first-order valence-electron chi connectivity index (χ1n) is 8.77. The quantitative estimate of drug-likeness (QED) is 0.533. The van der Waals surface area contributed by atoms with Crippen LogP contribution >= 0.6 is 11.3 Å². The lowest BCUT2D eigenvalue weighted by Crippen LogP contribution is -2.38. The van der Waals surface area contributed by atoms with Crippen LogP contribution < -0.4 is 10.6 Å². The van der Waals surface area contributed by atoms with Gasteiger partial charge in [0.15, 0.2) is 5.96 Å². The first-order chi connectivity index (χ1) is 12.2. The van der Waals surface area contributed by atoms with E-state index >= 15 is 0 Å². The van der Waals surface area contributed by atoms with Crippen LogP contribution in [-0.4, -0.2) is 31.1 Å². The van der Waals surface area contributed by atoms with Gasteiger partial charge in [0, 0.05) is 37.7 Å². The van der Waals surface area contributed by atoms with E-state index in [4.69, 9.17) is 4.74 Å². The van der Waals surface area contributed by atoms with Crippen molar-refractivity contribution in [2.75, 3.05) is 20.2 Å². The van der Waals surface area contributed by atoms with Gasteiger partial charge in [0.25, 0.3) is 0 Å². The number of aryl methyl sites for hydroxylation is 1. The van der Waals surface area contributed by atoms with Crippen LogP contribution in [0.15, 0.2) is 35.5 Å². The fraction of sp³-hybridized carbons (Fsp3) is 0.474. The van der Waals surface area contributed by atoms with Crippen LogP contribution in [-0.2, 0) is 30.7 Å². The highest BCUT2D eigenvalue weighted by atomic mass is 32.1. The molecule has 136 valence electrons. The number of thiazole rings is 1. The number of aromatic nitrogens is 1. The van der Waals surface area contributed by atoms with E-state index in [1.807, 2.05) is 12.3 Å². The van der Waals surface area contributed by atoms with Gasteiger partial charge in [-0.2, -0.15) is 0 Å².